The number of para-hydroxylation sites is 1. The number of hydrogen-bond donors (Lipinski definition) is 1. The second kappa shape index (κ2) is 13.0. The third-order valence-corrected chi connectivity index (χ3v) is 5.34. The van der Waals surface area contributed by atoms with E-state index in [9.17, 15) is 18.1 Å². The van der Waals surface area contributed by atoms with E-state index < -0.39 is 20.8 Å². The first-order valence-corrected chi connectivity index (χ1v) is 10.9. The van der Waals surface area contributed by atoms with Crippen molar-refractivity contribution >= 4 is 10.1 Å². The van der Waals surface area contributed by atoms with E-state index >= 15 is 0 Å². The first kappa shape index (κ1) is 25.6. The summed E-state index contributed by atoms with van der Waals surface area (Å²) < 4.78 is 38.6. The van der Waals surface area contributed by atoms with Crippen molar-refractivity contribution in [2.24, 2.45) is 0 Å². The zero-order valence-corrected chi connectivity index (χ0v) is 20.6. The summed E-state index contributed by atoms with van der Waals surface area (Å²) in [6, 6.07) is 11.6. The van der Waals surface area contributed by atoms with Gasteiger partial charge in [-0.15, -0.1) is 0 Å². The van der Waals surface area contributed by atoms with E-state index in [1.54, 1.807) is 36.4 Å². The van der Waals surface area contributed by atoms with E-state index in [1.807, 2.05) is 0 Å². The van der Waals surface area contributed by atoms with Crippen LogP contribution in [0.5, 0.6) is 17.2 Å². The summed E-state index contributed by atoms with van der Waals surface area (Å²) in [4.78, 5) is -0.688. The van der Waals surface area contributed by atoms with Gasteiger partial charge >= 0.3 is 51.4 Å². The molecule has 1 N–H and O–H groups in total. The van der Waals surface area contributed by atoms with Crippen molar-refractivity contribution in [3.05, 3.63) is 48.0 Å². The van der Waals surface area contributed by atoms with Crippen molar-refractivity contribution < 1.29 is 74.2 Å². The smallest absolute Gasteiger partial charge is 0.871 e. The van der Waals surface area contributed by atoms with E-state index in [0.29, 0.717) is 17.7 Å². The molecule has 0 radical (unpaired) electrons. The normalized spacial score (nSPS) is 11.1. The molecule has 5 nitrogen and oxygen atoms in total. The molecule has 0 aliphatic heterocycles. The average molecular weight is 431 g/mol. The van der Waals surface area contributed by atoms with Crippen LogP contribution >= 0.6 is 0 Å². The van der Waals surface area contributed by atoms with Crippen LogP contribution in [0.1, 0.15) is 57.4 Å². The summed E-state index contributed by atoms with van der Waals surface area (Å²) in [5, 5.41) is 12.6. The molecule has 0 spiro atoms. The largest absolute Gasteiger partial charge is 1.00 e. The van der Waals surface area contributed by atoms with Crippen molar-refractivity contribution in [1.29, 1.82) is 0 Å². The molecule has 0 bridgehead atoms. The van der Waals surface area contributed by atoms with Crippen LogP contribution in [0, 0.1) is 0 Å². The van der Waals surface area contributed by atoms with Crippen molar-refractivity contribution in [1.82, 2.24) is 0 Å². The van der Waals surface area contributed by atoms with Gasteiger partial charge in [0.05, 0.1) is 0 Å². The number of aryl methyl sites for hydroxylation is 1. The Kier molecular flexibility index (Phi) is 11.9. The Balaban J connectivity index is 0.00000392. The van der Waals surface area contributed by atoms with Gasteiger partial charge in [0, 0.05) is 0 Å². The predicted molar refractivity (Wildman–Crippen MR) is 104 cm³/mol. The molecular formula is C21H27KO5S. The topological polar surface area (TPSA) is 86.7 Å². The van der Waals surface area contributed by atoms with Crippen LogP contribution in [0.15, 0.2) is 47.4 Å². The van der Waals surface area contributed by atoms with Gasteiger partial charge in [-0.3, -0.25) is 4.55 Å². The van der Waals surface area contributed by atoms with Crippen molar-refractivity contribution in [2.45, 2.75) is 63.2 Å². The summed E-state index contributed by atoms with van der Waals surface area (Å²) in [6.45, 7) is 2.17. The third kappa shape index (κ3) is 8.14. The molecule has 28 heavy (non-hydrogen) atoms. The molecule has 0 atom stereocenters. The number of unbranched alkanes of at least 4 members (excludes halogenated alkanes) is 6. The van der Waals surface area contributed by atoms with Crippen LogP contribution in [-0.2, 0) is 16.5 Å². The van der Waals surface area contributed by atoms with Gasteiger partial charge in [0.1, 0.15) is 16.4 Å². The second-order valence-corrected chi connectivity index (χ2v) is 8.00. The monoisotopic (exact) mass is 430 g/mol. The Hall–Kier alpha value is -0.414. The van der Waals surface area contributed by atoms with Crippen molar-refractivity contribution in [2.75, 3.05) is 0 Å². The second-order valence-electron chi connectivity index (χ2n) is 6.64. The van der Waals surface area contributed by atoms with E-state index in [2.05, 4.69) is 6.92 Å². The van der Waals surface area contributed by atoms with Gasteiger partial charge in [0.2, 0.25) is 0 Å². The molecule has 0 unspecified atom stereocenters. The summed E-state index contributed by atoms with van der Waals surface area (Å²) in [5.74, 6) is -0.449. The third-order valence-electron chi connectivity index (χ3n) is 4.44. The number of hydrogen-bond acceptors (Lipinski definition) is 4. The molecule has 148 valence electrons. The molecule has 0 fully saturated rings. The van der Waals surface area contributed by atoms with E-state index in [1.165, 1.54) is 31.7 Å². The summed E-state index contributed by atoms with van der Waals surface area (Å²) in [6.07, 6.45) is 8.24. The summed E-state index contributed by atoms with van der Waals surface area (Å²) in [7, 11) is -4.69. The standard InChI is InChI=1S/C21H28O5S.K/c1-2-3-4-5-6-7-9-12-17-15-16-19(21(20(17)22)27(23,24)25)26-18-13-10-8-11-14-18;/h8,10-11,13-16,22H,2-7,9,12H2,1H3,(H,23,24,25);/q;+1/p-1. The van der Waals surface area contributed by atoms with Gasteiger partial charge in [-0.1, -0.05) is 81.0 Å². The number of rotatable bonds is 11. The molecular weight excluding hydrogens is 403 g/mol. The fraction of sp³-hybridized carbons (Fsp3) is 0.429. The van der Waals surface area contributed by atoms with E-state index in [0.717, 1.165) is 19.3 Å². The van der Waals surface area contributed by atoms with Gasteiger partial charge in [0.15, 0.2) is 0 Å². The van der Waals surface area contributed by atoms with Crippen LogP contribution in [0.2, 0.25) is 0 Å². The van der Waals surface area contributed by atoms with Gasteiger partial charge in [-0.25, -0.2) is 0 Å². The predicted octanol–water partition coefficient (Wildman–Crippen LogP) is 2.10. The summed E-state index contributed by atoms with van der Waals surface area (Å²) >= 11 is 0. The first-order valence-electron chi connectivity index (χ1n) is 9.46. The molecule has 0 saturated carbocycles. The minimum absolute atomic E-state index is 0. The summed E-state index contributed by atoms with van der Waals surface area (Å²) in [5.41, 5.74) is 0.386. The Morgan fingerprint density at radius 2 is 1.54 bits per heavy atom. The van der Waals surface area contributed by atoms with Gasteiger partial charge < -0.3 is 9.84 Å². The Bertz CT molecular complexity index is 822. The molecule has 2 rings (SSSR count). The maximum Gasteiger partial charge on any atom is 1.00 e. The Morgan fingerprint density at radius 3 is 2.14 bits per heavy atom. The molecule has 2 aromatic carbocycles. The minimum atomic E-state index is -4.69. The molecule has 2 aromatic rings. The quantitative estimate of drug-likeness (QED) is 0.335. The number of ether oxygens (including phenoxy) is 1. The molecule has 0 aliphatic rings. The maximum absolute atomic E-state index is 12.6. The van der Waals surface area contributed by atoms with Gasteiger partial charge in [-0.05, 0) is 31.0 Å². The molecule has 0 saturated heterocycles. The fourth-order valence-electron chi connectivity index (χ4n) is 2.99. The van der Waals surface area contributed by atoms with Crippen LogP contribution < -0.4 is 61.2 Å². The van der Waals surface area contributed by atoms with E-state index in [-0.39, 0.29) is 57.1 Å². The Morgan fingerprint density at radius 1 is 0.929 bits per heavy atom. The molecule has 7 heteroatoms. The molecule has 0 amide bonds. The molecule has 0 heterocycles. The van der Waals surface area contributed by atoms with Crippen LogP contribution in [0.25, 0.3) is 0 Å². The zero-order chi connectivity index (χ0) is 19.7. The first-order chi connectivity index (χ1) is 12.9. The fourth-order valence-corrected chi connectivity index (χ4v) is 3.72. The number of benzene rings is 2. The maximum atomic E-state index is 12.6. The SMILES string of the molecule is CCCCCCCCCc1ccc(Oc2ccccc2)c(S(=O)(=O)O)c1[O-].[K+]. The van der Waals surface area contributed by atoms with Crippen LogP contribution in [0.3, 0.4) is 0 Å². The Labute approximate surface area is 210 Å². The van der Waals surface area contributed by atoms with Gasteiger partial charge in [-0.2, -0.15) is 8.42 Å². The van der Waals surface area contributed by atoms with Crippen molar-refractivity contribution in [3.8, 4) is 17.2 Å². The van der Waals surface area contributed by atoms with Gasteiger partial charge in [0.25, 0.3) is 10.1 Å². The van der Waals surface area contributed by atoms with Crippen molar-refractivity contribution in [3.63, 3.8) is 0 Å². The van der Waals surface area contributed by atoms with E-state index in [4.69, 9.17) is 4.74 Å². The minimum Gasteiger partial charge on any atom is -0.871 e. The van der Waals surface area contributed by atoms with Crippen LogP contribution in [0.4, 0.5) is 0 Å². The zero-order valence-electron chi connectivity index (χ0n) is 16.7. The van der Waals surface area contributed by atoms with Crippen LogP contribution in [-0.4, -0.2) is 13.0 Å². The molecule has 0 aliphatic carbocycles. The average Bonchev–Trinajstić information content (AvgIpc) is 2.62. The molecule has 0 aromatic heterocycles.